The molecule has 1 unspecified atom stereocenters. The summed E-state index contributed by atoms with van der Waals surface area (Å²) in [7, 11) is 1.77. The van der Waals surface area contributed by atoms with Gasteiger partial charge in [-0.2, -0.15) is 5.10 Å². The molecule has 94 valence electrons. The number of ether oxygens (including phenoxy) is 1. The summed E-state index contributed by atoms with van der Waals surface area (Å²) in [6.45, 7) is 4.25. The van der Waals surface area contributed by atoms with E-state index >= 15 is 0 Å². The molecule has 0 aliphatic rings. The van der Waals surface area contributed by atoms with E-state index in [0.717, 1.165) is 24.2 Å². The minimum Gasteiger partial charge on any atom is -0.491 e. The highest BCUT2D eigenvalue weighted by atomic mass is 32.1. The lowest BCUT2D eigenvalue weighted by molar-refractivity contribution is 0.210. The molecule has 17 heavy (non-hydrogen) atoms. The highest BCUT2D eigenvalue weighted by Gasteiger charge is 2.01. The molecule has 1 aromatic carbocycles. The number of nitrogens with zero attached hydrogens (tertiary/aromatic N) is 2. The molecule has 1 aromatic rings. The van der Waals surface area contributed by atoms with Crippen molar-refractivity contribution < 1.29 is 4.74 Å². The number of rotatable bonds is 6. The van der Waals surface area contributed by atoms with Crippen LogP contribution < -0.4 is 4.74 Å². The smallest absolute Gasteiger partial charge is 0.119 e. The number of hydrogen-bond acceptors (Lipinski definition) is 4. The monoisotopic (exact) mass is 252 g/mol. The Morgan fingerprint density at radius 1 is 1.41 bits per heavy atom. The summed E-state index contributed by atoms with van der Waals surface area (Å²) >= 11 is 4.03. The van der Waals surface area contributed by atoms with Gasteiger partial charge >= 0.3 is 0 Å². The van der Waals surface area contributed by atoms with Crippen LogP contribution in [0.2, 0.25) is 0 Å². The highest BCUT2D eigenvalue weighted by Crippen LogP contribution is 2.14. The van der Waals surface area contributed by atoms with Crippen LogP contribution in [0.25, 0.3) is 0 Å². The molecule has 0 bridgehead atoms. The third kappa shape index (κ3) is 5.63. The number of hydrogen-bond donors (Lipinski definition) is 1. The molecule has 0 fully saturated rings. The lowest BCUT2D eigenvalue weighted by atomic mass is 10.2. The first-order chi connectivity index (χ1) is 8.11. The number of hydrazone groups is 1. The Balaban J connectivity index is 2.55. The molecule has 0 saturated heterocycles. The standard InChI is InChI=1S/C13H20N2OS/c1-4-5-11(2)16-13-8-6-12(7-9-13)10-14-15(3)17/h6-11,17H,4-5H2,1-3H3/b14-10+. The van der Waals surface area contributed by atoms with Gasteiger partial charge in [0.05, 0.1) is 12.3 Å². The normalized spacial score (nSPS) is 12.7. The van der Waals surface area contributed by atoms with Crippen molar-refractivity contribution in [1.82, 2.24) is 4.41 Å². The predicted octanol–water partition coefficient (Wildman–Crippen LogP) is 3.36. The van der Waals surface area contributed by atoms with Crippen LogP contribution in [0.3, 0.4) is 0 Å². The summed E-state index contributed by atoms with van der Waals surface area (Å²) in [4.78, 5) is 0. The molecule has 0 aromatic heterocycles. The van der Waals surface area contributed by atoms with Crippen molar-refractivity contribution in [2.75, 3.05) is 7.05 Å². The van der Waals surface area contributed by atoms with E-state index in [0.29, 0.717) is 0 Å². The molecule has 0 aliphatic heterocycles. The average molecular weight is 252 g/mol. The second kappa shape index (κ2) is 7.22. The van der Waals surface area contributed by atoms with Crippen LogP contribution in [0, 0.1) is 0 Å². The van der Waals surface area contributed by atoms with Gasteiger partial charge in [0.25, 0.3) is 0 Å². The van der Waals surface area contributed by atoms with E-state index in [1.807, 2.05) is 24.3 Å². The maximum atomic E-state index is 5.77. The Morgan fingerprint density at radius 2 is 2.06 bits per heavy atom. The van der Waals surface area contributed by atoms with Crippen LogP contribution in [0.15, 0.2) is 29.4 Å². The molecule has 1 atom stereocenters. The zero-order chi connectivity index (χ0) is 12.7. The van der Waals surface area contributed by atoms with Crippen molar-refractivity contribution in [2.45, 2.75) is 32.8 Å². The van der Waals surface area contributed by atoms with E-state index < -0.39 is 0 Å². The van der Waals surface area contributed by atoms with Crippen molar-refractivity contribution in [3.63, 3.8) is 0 Å². The highest BCUT2D eigenvalue weighted by molar-refractivity contribution is 7.77. The minimum atomic E-state index is 0.267. The lowest BCUT2D eigenvalue weighted by Gasteiger charge is -2.13. The van der Waals surface area contributed by atoms with Crippen LogP contribution in [0.1, 0.15) is 32.3 Å². The van der Waals surface area contributed by atoms with Crippen molar-refractivity contribution in [1.29, 1.82) is 0 Å². The van der Waals surface area contributed by atoms with Crippen LogP contribution in [-0.2, 0) is 0 Å². The summed E-state index contributed by atoms with van der Waals surface area (Å²) < 4.78 is 7.23. The van der Waals surface area contributed by atoms with Crippen LogP contribution in [-0.4, -0.2) is 23.8 Å². The topological polar surface area (TPSA) is 24.8 Å². The fraction of sp³-hybridized carbons (Fsp3) is 0.462. The molecule has 0 spiro atoms. The lowest BCUT2D eigenvalue weighted by Crippen LogP contribution is -2.10. The van der Waals surface area contributed by atoms with Crippen LogP contribution in [0.4, 0.5) is 0 Å². The second-order valence-corrected chi connectivity index (χ2v) is 4.60. The fourth-order valence-corrected chi connectivity index (χ4v) is 1.53. The summed E-state index contributed by atoms with van der Waals surface area (Å²) in [5.41, 5.74) is 1.03. The van der Waals surface area contributed by atoms with Gasteiger partial charge in [0.1, 0.15) is 5.75 Å². The summed E-state index contributed by atoms with van der Waals surface area (Å²) in [6, 6.07) is 7.89. The maximum absolute atomic E-state index is 5.77. The minimum absolute atomic E-state index is 0.267. The first-order valence-electron chi connectivity index (χ1n) is 5.85. The Kier molecular flexibility index (Phi) is 5.91. The van der Waals surface area contributed by atoms with Gasteiger partial charge in [-0.05, 0) is 56.0 Å². The number of thiol groups is 1. The van der Waals surface area contributed by atoms with Gasteiger partial charge in [0, 0.05) is 7.05 Å². The van der Waals surface area contributed by atoms with E-state index in [9.17, 15) is 0 Å². The van der Waals surface area contributed by atoms with Gasteiger partial charge in [0.2, 0.25) is 0 Å². The summed E-state index contributed by atoms with van der Waals surface area (Å²) in [6.07, 6.45) is 4.24. The molecule has 0 heterocycles. The Labute approximate surface area is 109 Å². The van der Waals surface area contributed by atoms with Gasteiger partial charge in [-0.3, -0.25) is 0 Å². The van der Waals surface area contributed by atoms with Crippen molar-refractivity contribution in [2.24, 2.45) is 5.10 Å². The van der Waals surface area contributed by atoms with Crippen LogP contribution >= 0.6 is 12.8 Å². The van der Waals surface area contributed by atoms with Crippen molar-refractivity contribution in [3.05, 3.63) is 29.8 Å². The van der Waals surface area contributed by atoms with Crippen LogP contribution in [0.5, 0.6) is 5.75 Å². The third-order valence-corrected chi connectivity index (χ3v) is 2.39. The first kappa shape index (κ1) is 13.9. The van der Waals surface area contributed by atoms with Gasteiger partial charge in [-0.25, -0.2) is 4.41 Å². The van der Waals surface area contributed by atoms with E-state index in [1.54, 1.807) is 13.3 Å². The zero-order valence-electron chi connectivity index (χ0n) is 10.6. The Bertz CT molecular complexity index is 349. The van der Waals surface area contributed by atoms with Gasteiger partial charge in [-0.1, -0.05) is 13.3 Å². The predicted molar refractivity (Wildman–Crippen MR) is 75.8 cm³/mol. The summed E-state index contributed by atoms with van der Waals surface area (Å²) in [5.74, 6) is 0.905. The van der Waals surface area contributed by atoms with Gasteiger partial charge < -0.3 is 4.74 Å². The maximum Gasteiger partial charge on any atom is 0.119 e. The Morgan fingerprint density at radius 3 is 2.59 bits per heavy atom. The van der Waals surface area contributed by atoms with E-state index in [4.69, 9.17) is 4.74 Å². The van der Waals surface area contributed by atoms with E-state index in [2.05, 4.69) is 31.8 Å². The number of benzene rings is 1. The van der Waals surface area contributed by atoms with Gasteiger partial charge in [-0.15, -0.1) is 0 Å². The van der Waals surface area contributed by atoms with Crippen molar-refractivity contribution in [3.8, 4) is 5.75 Å². The van der Waals surface area contributed by atoms with Gasteiger partial charge in [0.15, 0.2) is 0 Å². The molecular formula is C13H20N2OS. The molecule has 3 nitrogen and oxygen atoms in total. The molecule has 0 amide bonds. The summed E-state index contributed by atoms with van der Waals surface area (Å²) in [5, 5.41) is 4.05. The Hall–Kier alpha value is -1.16. The molecule has 0 N–H and O–H groups in total. The van der Waals surface area contributed by atoms with E-state index in [1.165, 1.54) is 4.41 Å². The SMILES string of the molecule is CCCC(C)Oc1ccc(/C=N/N(C)S)cc1. The molecule has 1 rings (SSSR count). The fourth-order valence-electron chi connectivity index (χ4n) is 1.48. The second-order valence-electron chi connectivity index (χ2n) is 4.02. The molecule has 4 heteroatoms. The quantitative estimate of drug-likeness (QED) is 0.477. The molecule has 0 aliphatic carbocycles. The third-order valence-electron chi connectivity index (χ3n) is 2.29. The van der Waals surface area contributed by atoms with Crippen molar-refractivity contribution >= 4 is 19.0 Å². The van der Waals surface area contributed by atoms with E-state index in [-0.39, 0.29) is 6.10 Å². The molecule has 0 radical (unpaired) electrons. The molecule has 0 saturated carbocycles. The first-order valence-corrected chi connectivity index (χ1v) is 6.25. The average Bonchev–Trinajstić information content (AvgIpc) is 2.28. The zero-order valence-corrected chi connectivity index (χ0v) is 11.5. The largest absolute Gasteiger partial charge is 0.491 e. The molecular weight excluding hydrogens is 232 g/mol.